The van der Waals surface area contributed by atoms with Gasteiger partial charge in [-0.15, -0.1) is 5.92 Å². The molecule has 29 heavy (non-hydrogen) atoms. The molecule has 2 aliphatic rings. The van der Waals surface area contributed by atoms with E-state index in [2.05, 4.69) is 30.1 Å². The molecule has 1 saturated carbocycles. The van der Waals surface area contributed by atoms with Crippen LogP contribution in [0.5, 0.6) is 5.75 Å². The maximum Gasteiger partial charge on any atom is 0.412 e. The molecule has 1 aromatic carbocycles. The molecule has 3 rings (SSSR count). The van der Waals surface area contributed by atoms with Gasteiger partial charge in [0.2, 0.25) is 0 Å². The smallest absolute Gasteiger partial charge is 0.410 e. The first kappa shape index (κ1) is 21.7. The van der Waals surface area contributed by atoms with Crippen molar-refractivity contribution in [2.24, 2.45) is 5.92 Å². The molecule has 0 spiro atoms. The van der Waals surface area contributed by atoms with Crippen LogP contribution in [-0.2, 0) is 11.8 Å². The Morgan fingerprint density at radius 2 is 2.17 bits per heavy atom. The van der Waals surface area contributed by atoms with Crippen molar-refractivity contribution in [2.75, 3.05) is 27.2 Å². The summed E-state index contributed by atoms with van der Waals surface area (Å²) in [6, 6.07) is 6.08. The summed E-state index contributed by atoms with van der Waals surface area (Å²) in [7, 11) is 3.93. The number of fused-ring (bicyclic) bond motifs is 3. The maximum atomic E-state index is 12.0. The molecule has 0 radical (unpaired) electrons. The first-order chi connectivity index (χ1) is 13.8. The lowest BCUT2D eigenvalue weighted by Gasteiger charge is -2.52. The number of carbonyl (C=O) groups excluding carboxylic acids is 1. The standard InChI is InChI=1S/C24H34N2O3/c1-5-11-23(28)12-13-24(6-2)19(17-23)8-7-18-16-20(9-10-21(18)24)29-22(27)25-14-15-26(3)4/h9-10,16,19,28H,6-8,12-15,17H2,1-4H3,(H,25,27)/t19-,23-,24+/m1/s1. The average Bonchev–Trinajstić information content (AvgIpc) is 2.67. The summed E-state index contributed by atoms with van der Waals surface area (Å²) < 4.78 is 5.50. The van der Waals surface area contributed by atoms with Gasteiger partial charge in [-0.1, -0.05) is 18.9 Å². The fourth-order valence-electron chi connectivity index (χ4n) is 5.25. The van der Waals surface area contributed by atoms with Crippen molar-refractivity contribution < 1.29 is 14.6 Å². The highest BCUT2D eigenvalue weighted by atomic mass is 16.6. The molecule has 0 aromatic heterocycles. The first-order valence-electron chi connectivity index (χ1n) is 10.7. The van der Waals surface area contributed by atoms with Crippen LogP contribution in [0.2, 0.25) is 0 Å². The molecular formula is C24H34N2O3. The third kappa shape index (κ3) is 4.60. The molecule has 0 aliphatic heterocycles. The monoisotopic (exact) mass is 398 g/mol. The number of rotatable bonds is 5. The summed E-state index contributed by atoms with van der Waals surface area (Å²) in [6.45, 7) is 5.38. The van der Waals surface area contributed by atoms with E-state index in [9.17, 15) is 9.90 Å². The van der Waals surface area contributed by atoms with Gasteiger partial charge in [-0.25, -0.2) is 4.79 Å². The van der Waals surface area contributed by atoms with Crippen LogP contribution in [0.25, 0.3) is 0 Å². The van der Waals surface area contributed by atoms with Gasteiger partial charge in [0, 0.05) is 13.1 Å². The zero-order valence-corrected chi connectivity index (χ0v) is 18.2. The van der Waals surface area contributed by atoms with Gasteiger partial charge in [0.05, 0.1) is 0 Å². The van der Waals surface area contributed by atoms with Crippen molar-refractivity contribution in [3.05, 3.63) is 29.3 Å². The Kier molecular flexibility index (Phi) is 6.55. The zero-order chi connectivity index (χ0) is 21.1. The third-order valence-electron chi connectivity index (χ3n) is 6.75. The number of aliphatic hydroxyl groups is 1. The van der Waals surface area contributed by atoms with Crippen molar-refractivity contribution in [1.29, 1.82) is 0 Å². The van der Waals surface area contributed by atoms with E-state index < -0.39 is 11.7 Å². The number of nitrogens with one attached hydrogen (secondary N) is 1. The molecular weight excluding hydrogens is 364 g/mol. The SMILES string of the molecule is CC#C[C@@]1(O)CC[C@]2(CC)c3ccc(OC(=O)NCCN(C)C)cc3CC[C@@H]2C1. The van der Waals surface area contributed by atoms with Crippen molar-refractivity contribution >= 4 is 6.09 Å². The number of hydrogen-bond donors (Lipinski definition) is 2. The van der Waals surface area contributed by atoms with Crippen molar-refractivity contribution in [2.45, 2.75) is 63.4 Å². The minimum atomic E-state index is -0.844. The summed E-state index contributed by atoms with van der Waals surface area (Å²) in [6.07, 6.45) is 5.01. The Morgan fingerprint density at radius 1 is 1.38 bits per heavy atom. The fraction of sp³-hybridized carbons (Fsp3) is 0.625. The summed E-state index contributed by atoms with van der Waals surface area (Å²) >= 11 is 0. The first-order valence-corrected chi connectivity index (χ1v) is 10.7. The summed E-state index contributed by atoms with van der Waals surface area (Å²) in [5.41, 5.74) is 1.88. The largest absolute Gasteiger partial charge is 0.412 e. The van der Waals surface area contributed by atoms with E-state index in [1.165, 1.54) is 11.1 Å². The van der Waals surface area contributed by atoms with Crippen LogP contribution in [0, 0.1) is 17.8 Å². The van der Waals surface area contributed by atoms with E-state index in [0.717, 1.165) is 38.6 Å². The number of amides is 1. The van der Waals surface area contributed by atoms with Crippen LogP contribution in [0.4, 0.5) is 4.79 Å². The number of carbonyl (C=O) groups is 1. The van der Waals surface area contributed by atoms with Gasteiger partial charge in [-0.2, -0.15) is 0 Å². The van der Waals surface area contributed by atoms with Gasteiger partial charge in [-0.05, 0) is 94.1 Å². The Morgan fingerprint density at radius 3 is 2.86 bits per heavy atom. The quantitative estimate of drug-likeness (QED) is 0.746. The van der Waals surface area contributed by atoms with E-state index in [0.29, 0.717) is 24.6 Å². The fourth-order valence-corrected chi connectivity index (χ4v) is 5.25. The number of likely N-dealkylation sites (N-methyl/N-ethyl adjacent to an activating group) is 1. The lowest BCUT2D eigenvalue weighted by Crippen LogP contribution is -2.49. The van der Waals surface area contributed by atoms with Gasteiger partial charge in [-0.3, -0.25) is 0 Å². The predicted molar refractivity (Wildman–Crippen MR) is 115 cm³/mol. The summed E-state index contributed by atoms with van der Waals surface area (Å²) in [4.78, 5) is 14.1. The van der Waals surface area contributed by atoms with Crippen LogP contribution >= 0.6 is 0 Å². The molecule has 0 unspecified atom stereocenters. The molecule has 0 bridgehead atoms. The summed E-state index contributed by atoms with van der Waals surface area (Å²) in [5, 5.41) is 13.7. The Balaban J connectivity index is 1.75. The number of hydrogen-bond acceptors (Lipinski definition) is 4. The van der Waals surface area contributed by atoms with Gasteiger partial charge in [0.25, 0.3) is 0 Å². The van der Waals surface area contributed by atoms with E-state index in [1.54, 1.807) is 6.92 Å². The van der Waals surface area contributed by atoms with Crippen molar-refractivity contribution in [3.63, 3.8) is 0 Å². The minimum Gasteiger partial charge on any atom is -0.410 e. The lowest BCUT2D eigenvalue weighted by atomic mass is 9.53. The maximum absolute atomic E-state index is 12.0. The van der Waals surface area contributed by atoms with Crippen LogP contribution in [-0.4, -0.2) is 48.9 Å². The molecule has 2 aliphatic carbocycles. The second-order valence-electron chi connectivity index (χ2n) is 8.79. The molecule has 1 aromatic rings. The molecule has 158 valence electrons. The second kappa shape index (κ2) is 8.77. The van der Waals surface area contributed by atoms with Crippen LogP contribution in [0.1, 0.15) is 57.1 Å². The van der Waals surface area contributed by atoms with Crippen LogP contribution < -0.4 is 10.1 Å². The zero-order valence-electron chi connectivity index (χ0n) is 18.2. The van der Waals surface area contributed by atoms with Crippen LogP contribution in [0.15, 0.2) is 18.2 Å². The Labute approximate surface area is 174 Å². The van der Waals surface area contributed by atoms with Crippen LogP contribution in [0.3, 0.4) is 0 Å². The minimum absolute atomic E-state index is 0.0851. The molecule has 3 atom stereocenters. The number of benzene rings is 1. The van der Waals surface area contributed by atoms with E-state index in [-0.39, 0.29) is 5.41 Å². The third-order valence-corrected chi connectivity index (χ3v) is 6.75. The molecule has 2 N–H and O–H groups in total. The molecule has 5 nitrogen and oxygen atoms in total. The van der Waals surface area contributed by atoms with E-state index in [4.69, 9.17) is 4.74 Å². The van der Waals surface area contributed by atoms with E-state index >= 15 is 0 Å². The average molecular weight is 399 g/mol. The number of ether oxygens (including phenoxy) is 1. The summed E-state index contributed by atoms with van der Waals surface area (Å²) in [5.74, 6) is 6.99. The topological polar surface area (TPSA) is 61.8 Å². The predicted octanol–water partition coefficient (Wildman–Crippen LogP) is 3.49. The van der Waals surface area contributed by atoms with Crippen molar-refractivity contribution in [3.8, 4) is 17.6 Å². The molecule has 0 heterocycles. The van der Waals surface area contributed by atoms with Crippen molar-refractivity contribution in [1.82, 2.24) is 10.2 Å². The van der Waals surface area contributed by atoms with E-state index in [1.807, 2.05) is 31.1 Å². The number of nitrogens with zero attached hydrogens (tertiary/aromatic N) is 1. The molecule has 1 fully saturated rings. The Bertz CT molecular complexity index is 810. The highest BCUT2D eigenvalue weighted by Gasteiger charge is 2.50. The normalized spacial score (nSPS) is 28.0. The lowest BCUT2D eigenvalue weighted by molar-refractivity contribution is -0.00925. The number of aryl methyl sites for hydroxylation is 1. The van der Waals surface area contributed by atoms with Gasteiger partial charge in [0.1, 0.15) is 11.4 Å². The highest BCUT2D eigenvalue weighted by molar-refractivity contribution is 5.70. The molecule has 5 heteroatoms. The van der Waals surface area contributed by atoms with Gasteiger partial charge in [0.15, 0.2) is 0 Å². The molecule has 1 amide bonds. The van der Waals surface area contributed by atoms with Gasteiger partial charge >= 0.3 is 6.09 Å². The second-order valence-corrected chi connectivity index (χ2v) is 8.79. The molecule has 0 saturated heterocycles. The highest BCUT2D eigenvalue weighted by Crippen LogP contribution is 2.54. The van der Waals surface area contributed by atoms with Gasteiger partial charge < -0.3 is 20.1 Å². The Hall–Kier alpha value is -2.03.